The zero-order chi connectivity index (χ0) is 20.1. The summed E-state index contributed by atoms with van der Waals surface area (Å²) in [6, 6.07) is 7.69. The molecule has 2 unspecified atom stereocenters. The molecule has 0 aliphatic carbocycles. The van der Waals surface area contributed by atoms with Crippen LogP contribution in [0.4, 0.5) is 20.7 Å². The van der Waals surface area contributed by atoms with E-state index < -0.39 is 11.8 Å². The van der Waals surface area contributed by atoms with Crippen molar-refractivity contribution in [1.29, 1.82) is 0 Å². The zero-order valence-corrected chi connectivity index (χ0v) is 16.2. The van der Waals surface area contributed by atoms with Crippen molar-refractivity contribution >= 4 is 17.5 Å². The molecule has 1 aliphatic rings. The maximum Gasteiger partial charge on any atom is 0.319 e. The lowest BCUT2D eigenvalue weighted by atomic mass is 10.2. The average Bonchev–Trinajstić information content (AvgIpc) is 2.66. The van der Waals surface area contributed by atoms with Gasteiger partial charge in [0.1, 0.15) is 5.82 Å². The van der Waals surface area contributed by atoms with Gasteiger partial charge in [-0.05, 0) is 37.6 Å². The van der Waals surface area contributed by atoms with Gasteiger partial charge in [-0.3, -0.25) is 0 Å². The molecule has 2 aromatic rings. The number of pyridine rings is 1. The molecular formula is C20H25FN4O3. The van der Waals surface area contributed by atoms with Gasteiger partial charge < -0.3 is 25.0 Å². The normalized spacial score (nSPS) is 19.2. The van der Waals surface area contributed by atoms with Crippen LogP contribution in [0.2, 0.25) is 0 Å². The Balaban J connectivity index is 1.52. The average molecular weight is 388 g/mol. The minimum Gasteiger partial charge on any atom is -0.494 e. The summed E-state index contributed by atoms with van der Waals surface area (Å²) in [6.45, 7) is 6.02. The number of urea groups is 1. The standard InChI is InChI=1S/C20H25FN4O3/c1-13-11-25(12-14(2)28-13)19-7-4-15(9-22-19)10-23-20(26)24-16-5-6-18(27-3)17(21)8-16/h4-9,13-14H,10-12H2,1-3H3,(H2,23,24,26). The van der Waals surface area contributed by atoms with Gasteiger partial charge in [0.25, 0.3) is 0 Å². The number of halogens is 1. The summed E-state index contributed by atoms with van der Waals surface area (Å²) < 4.78 is 24.3. The molecule has 150 valence electrons. The number of ether oxygens (including phenoxy) is 2. The van der Waals surface area contributed by atoms with Gasteiger partial charge in [0, 0.05) is 37.6 Å². The van der Waals surface area contributed by atoms with Crippen LogP contribution in [0.25, 0.3) is 0 Å². The van der Waals surface area contributed by atoms with Crippen LogP contribution in [0.1, 0.15) is 19.4 Å². The van der Waals surface area contributed by atoms with Gasteiger partial charge in [-0.2, -0.15) is 0 Å². The highest BCUT2D eigenvalue weighted by Gasteiger charge is 2.22. The number of nitrogens with one attached hydrogen (secondary N) is 2. The number of aromatic nitrogens is 1. The van der Waals surface area contributed by atoms with Gasteiger partial charge in [0.2, 0.25) is 0 Å². The van der Waals surface area contributed by atoms with Gasteiger partial charge in [0.05, 0.1) is 19.3 Å². The molecule has 1 saturated heterocycles. The van der Waals surface area contributed by atoms with Crippen LogP contribution in [0.3, 0.4) is 0 Å². The van der Waals surface area contributed by atoms with E-state index in [-0.39, 0.29) is 18.0 Å². The minimum absolute atomic E-state index is 0.126. The first-order chi connectivity index (χ1) is 13.4. The molecule has 28 heavy (non-hydrogen) atoms. The second kappa shape index (κ2) is 8.88. The Morgan fingerprint density at radius 1 is 1.29 bits per heavy atom. The van der Waals surface area contributed by atoms with E-state index in [1.54, 1.807) is 12.3 Å². The van der Waals surface area contributed by atoms with E-state index in [1.807, 2.05) is 26.0 Å². The van der Waals surface area contributed by atoms with Crippen LogP contribution < -0.4 is 20.3 Å². The Bertz CT molecular complexity index is 806. The molecule has 0 spiro atoms. The lowest BCUT2D eigenvalue weighted by Crippen LogP contribution is -2.45. The molecule has 1 fully saturated rings. The lowest BCUT2D eigenvalue weighted by molar-refractivity contribution is -0.00546. The Morgan fingerprint density at radius 3 is 2.64 bits per heavy atom. The van der Waals surface area contributed by atoms with Gasteiger partial charge >= 0.3 is 6.03 Å². The topological polar surface area (TPSA) is 75.7 Å². The van der Waals surface area contributed by atoms with Crippen LogP contribution in [-0.4, -0.2) is 43.4 Å². The second-order valence-electron chi connectivity index (χ2n) is 6.84. The Kier molecular flexibility index (Phi) is 6.30. The first-order valence-corrected chi connectivity index (χ1v) is 9.18. The Labute approximate surface area is 163 Å². The minimum atomic E-state index is -0.535. The van der Waals surface area contributed by atoms with E-state index >= 15 is 0 Å². The number of hydrogen-bond acceptors (Lipinski definition) is 5. The number of carbonyl (C=O) groups excluding carboxylic acids is 1. The fourth-order valence-electron chi connectivity index (χ4n) is 3.18. The Morgan fingerprint density at radius 2 is 2.04 bits per heavy atom. The van der Waals surface area contributed by atoms with E-state index in [1.165, 1.54) is 19.2 Å². The molecule has 8 heteroatoms. The number of carbonyl (C=O) groups is 1. The van der Waals surface area contributed by atoms with Gasteiger partial charge in [-0.1, -0.05) is 6.07 Å². The van der Waals surface area contributed by atoms with Crippen molar-refractivity contribution in [3.63, 3.8) is 0 Å². The summed E-state index contributed by atoms with van der Waals surface area (Å²) in [5.74, 6) is 0.483. The monoisotopic (exact) mass is 388 g/mol. The number of hydrogen-bond donors (Lipinski definition) is 2. The molecule has 2 N–H and O–H groups in total. The second-order valence-corrected chi connectivity index (χ2v) is 6.84. The van der Waals surface area contributed by atoms with Crippen molar-refractivity contribution in [3.8, 4) is 5.75 Å². The lowest BCUT2D eigenvalue weighted by Gasteiger charge is -2.36. The van der Waals surface area contributed by atoms with Crippen molar-refractivity contribution in [2.24, 2.45) is 0 Å². The molecule has 3 rings (SSSR count). The third-order valence-electron chi connectivity index (χ3n) is 4.42. The molecule has 0 radical (unpaired) electrons. The predicted molar refractivity (Wildman–Crippen MR) is 105 cm³/mol. The molecule has 2 heterocycles. The molecule has 1 aromatic heterocycles. The quantitative estimate of drug-likeness (QED) is 0.823. The molecule has 1 aliphatic heterocycles. The number of benzene rings is 1. The van der Waals surface area contributed by atoms with E-state index in [2.05, 4.69) is 20.5 Å². The van der Waals surface area contributed by atoms with Crippen molar-refractivity contribution in [3.05, 3.63) is 47.9 Å². The summed E-state index contributed by atoms with van der Waals surface area (Å²) in [5.41, 5.74) is 1.22. The molecule has 0 bridgehead atoms. The SMILES string of the molecule is COc1ccc(NC(=O)NCc2ccc(N3CC(C)OC(C)C3)nc2)cc1F. The van der Waals surface area contributed by atoms with Crippen LogP contribution in [-0.2, 0) is 11.3 Å². The molecule has 0 saturated carbocycles. The van der Waals surface area contributed by atoms with Crippen molar-refractivity contribution < 1.29 is 18.7 Å². The van der Waals surface area contributed by atoms with Crippen LogP contribution in [0.5, 0.6) is 5.75 Å². The van der Waals surface area contributed by atoms with E-state index in [9.17, 15) is 9.18 Å². The van der Waals surface area contributed by atoms with Gasteiger partial charge in [0.15, 0.2) is 11.6 Å². The van der Waals surface area contributed by atoms with Crippen LogP contribution >= 0.6 is 0 Å². The largest absolute Gasteiger partial charge is 0.494 e. The third-order valence-corrected chi connectivity index (χ3v) is 4.42. The van der Waals surface area contributed by atoms with E-state index in [0.29, 0.717) is 12.2 Å². The number of anilines is 2. The number of rotatable bonds is 5. The predicted octanol–water partition coefficient (Wildman–Crippen LogP) is 3.16. The number of amides is 2. The van der Waals surface area contributed by atoms with Gasteiger partial charge in [-0.25, -0.2) is 14.2 Å². The highest BCUT2D eigenvalue weighted by Crippen LogP contribution is 2.21. The van der Waals surface area contributed by atoms with Crippen LogP contribution in [0, 0.1) is 5.82 Å². The Hall–Kier alpha value is -2.87. The smallest absolute Gasteiger partial charge is 0.319 e. The van der Waals surface area contributed by atoms with Gasteiger partial charge in [-0.15, -0.1) is 0 Å². The maximum absolute atomic E-state index is 13.7. The summed E-state index contributed by atoms with van der Waals surface area (Å²) in [4.78, 5) is 18.7. The molecular weight excluding hydrogens is 363 g/mol. The van der Waals surface area contributed by atoms with E-state index in [4.69, 9.17) is 9.47 Å². The summed E-state index contributed by atoms with van der Waals surface area (Å²) in [5, 5.41) is 5.32. The van der Waals surface area contributed by atoms with Crippen molar-refractivity contribution in [1.82, 2.24) is 10.3 Å². The number of morpholine rings is 1. The molecule has 1 aromatic carbocycles. The van der Waals surface area contributed by atoms with Crippen molar-refractivity contribution in [2.45, 2.75) is 32.6 Å². The molecule has 2 amide bonds. The first-order valence-electron chi connectivity index (χ1n) is 9.18. The maximum atomic E-state index is 13.7. The first kappa shape index (κ1) is 19.9. The fraction of sp³-hybridized carbons (Fsp3) is 0.400. The zero-order valence-electron chi connectivity index (χ0n) is 16.2. The summed E-state index contributed by atoms with van der Waals surface area (Å²) in [6.07, 6.45) is 2.07. The summed E-state index contributed by atoms with van der Waals surface area (Å²) in [7, 11) is 1.39. The van der Waals surface area contributed by atoms with E-state index in [0.717, 1.165) is 24.5 Å². The van der Waals surface area contributed by atoms with Crippen molar-refractivity contribution in [2.75, 3.05) is 30.4 Å². The number of methoxy groups -OCH3 is 1. The number of nitrogens with zero attached hydrogens (tertiary/aromatic N) is 2. The third kappa shape index (κ3) is 5.10. The summed E-state index contributed by atoms with van der Waals surface area (Å²) >= 11 is 0. The fourth-order valence-corrected chi connectivity index (χ4v) is 3.18. The molecule has 7 nitrogen and oxygen atoms in total. The highest BCUT2D eigenvalue weighted by atomic mass is 19.1. The molecule has 2 atom stereocenters. The van der Waals surface area contributed by atoms with Crippen LogP contribution in [0.15, 0.2) is 36.5 Å². The highest BCUT2D eigenvalue weighted by molar-refractivity contribution is 5.89.